The lowest BCUT2D eigenvalue weighted by atomic mass is 10.1. The van der Waals surface area contributed by atoms with Crippen LogP contribution >= 0.6 is 0 Å². The van der Waals surface area contributed by atoms with Gasteiger partial charge in [-0.05, 0) is 36.8 Å². The van der Waals surface area contributed by atoms with Gasteiger partial charge in [-0.25, -0.2) is 5.10 Å². The Bertz CT molecular complexity index is 632. The fourth-order valence-electron chi connectivity index (χ4n) is 2.00. The highest BCUT2D eigenvalue weighted by Gasteiger charge is 2.13. The predicted octanol–water partition coefficient (Wildman–Crippen LogP) is 1.68. The first-order chi connectivity index (χ1) is 8.24. The Morgan fingerprint density at radius 1 is 1.35 bits per heavy atom. The van der Waals surface area contributed by atoms with E-state index >= 15 is 0 Å². The molecule has 4 heteroatoms. The van der Waals surface area contributed by atoms with Crippen molar-refractivity contribution in [3.05, 3.63) is 45.7 Å². The van der Waals surface area contributed by atoms with Crippen LogP contribution in [0, 0.1) is 6.92 Å². The SMILES string of the molecule is Cc1cc(-c2ccc3c(c2)CCO3)n[nH]c1=O. The summed E-state index contributed by atoms with van der Waals surface area (Å²) in [6.45, 7) is 2.53. The highest BCUT2D eigenvalue weighted by Crippen LogP contribution is 2.29. The number of H-pyrrole nitrogens is 1. The fourth-order valence-corrected chi connectivity index (χ4v) is 2.00. The zero-order valence-corrected chi connectivity index (χ0v) is 9.49. The van der Waals surface area contributed by atoms with Crippen LogP contribution in [-0.4, -0.2) is 16.8 Å². The van der Waals surface area contributed by atoms with Crippen molar-refractivity contribution >= 4 is 0 Å². The predicted molar refractivity (Wildman–Crippen MR) is 64.2 cm³/mol. The van der Waals surface area contributed by atoms with Crippen molar-refractivity contribution in [2.24, 2.45) is 0 Å². The van der Waals surface area contributed by atoms with Gasteiger partial charge in [0.15, 0.2) is 0 Å². The maximum absolute atomic E-state index is 11.3. The van der Waals surface area contributed by atoms with Crippen LogP contribution in [0.25, 0.3) is 11.3 Å². The van der Waals surface area contributed by atoms with Gasteiger partial charge in [0.1, 0.15) is 5.75 Å². The minimum atomic E-state index is -0.141. The molecule has 86 valence electrons. The van der Waals surface area contributed by atoms with E-state index in [1.165, 1.54) is 5.56 Å². The van der Waals surface area contributed by atoms with Crippen LogP contribution in [0.2, 0.25) is 0 Å². The summed E-state index contributed by atoms with van der Waals surface area (Å²) < 4.78 is 5.45. The van der Waals surface area contributed by atoms with E-state index in [0.717, 1.165) is 30.0 Å². The molecule has 0 amide bonds. The normalized spacial score (nSPS) is 13.2. The average molecular weight is 228 g/mol. The van der Waals surface area contributed by atoms with E-state index in [4.69, 9.17) is 4.74 Å². The van der Waals surface area contributed by atoms with Crippen molar-refractivity contribution in [3.8, 4) is 17.0 Å². The molecule has 0 aliphatic carbocycles. The van der Waals surface area contributed by atoms with Gasteiger partial charge >= 0.3 is 0 Å². The van der Waals surface area contributed by atoms with Crippen LogP contribution in [0.5, 0.6) is 5.75 Å². The molecular weight excluding hydrogens is 216 g/mol. The van der Waals surface area contributed by atoms with Crippen molar-refractivity contribution in [3.63, 3.8) is 0 Å². The van der Waals surface area contributed by atoms with Crippen LogP contribution in [0.3, 0.4) is 0 Å². The Morgan fingerprint density at radius 3 is 3.06 bits per heavy atom. The van der Waals surface area contributed by atoms with E-state index < -0.39 is 0 Å². The number of aromatic amines is 1. The van der Waals surface area contributed by atoms with Crippen LogP contribution in [-0.2, 0) is 6.42 Å². The minimum Gasteiger partial charge on any atom is -0.493 e. The number of aryl methyl sites for hydroxylation is 1. The zero-order valence-electron chi connectivity index (χ0n) is 9.49. The summed E-state index contributed by atoms with van der Waals surface area (Å²) in [5.41, 5.74) is 3.53. The quantitative estimate of drug-likeness (QED) is 0.808. The fraction of sp³-hybridized carbons (Fsp3) is 0.231. The molecule has 3 rings (SSSR count). The van der Waals surface area contributed by atoms with Gasteiger partial charge in [0.2, 0.25) is 0 Å². The monoisotopic (exact) mass is 228 g/mol. The zero-order chi connectivity index (χ0) is 11.8. The molecule has 1 aromatic heterocycles. The van der Waals surface area contributed by atoms with E-state index in [2.05, 4.69) is 16.3 Å². The van der Waals surface area contributed by atoms with Crippen molar-refractivity contribution in [2.45, 2.75) is 13.3 Å². The first-order valence-corrected chi connectivity index (χ1v) is 5.56. The van der Waals surface area contributed by atoms with Crippen molar-refractivity contribution < 1.29 is 4.74 Å². The molecular formula is C13H12N2O2. The number of hydrogen-bond donors (Lipinski definition) is 1. The van der Waals surface area contributed by atoms with Crippen LogP contribution < -0.4 is 10.3 Å². The van der Waals surface area contributed by atoms with Gasteiger partial charge in [-0.2, -0.15) is 5.10 Å². The Balaban J connectivity index is 2.09. The molecule has 0 saturated carbocycles. The van der Waals surface area contributed by atoms with Crippen LogP contribution in [0.1, 0.15) is 11.1 Å². The summed E-state index contributed by atoms with van der Waals surface area (Å²) >= 11 is 0. The maximum atomic E-state index is 11.3. The van der Waals surface area contributed by atoms with Crippen molar-refractivity contribution in [2.75, 3.05) is 6.61 Å². The second kappa shape index (κ2) is 3.73. The van der Waals surface area contributed by atoms with Gasteiger partial charge in [-0.1, -0.05) is 0 Å². The summed E-state index contributed by atoms with van der Waals surface area (Å²) in [6, 6.07) is 7.79. The lowest BCUT2D eigenvalue weighted by molar-refractivity contribution is 0.357. The molecule has 2 aromatic rings. The van der Waals surface area contributed by atoms with Gasteiger partial charge in [0.05, 0.1) is 12.3 Å². The number of ether oxygens (including phenoxy) is 1. The highest BCUT2D eigenvalue weighted by atomic mass is 16.5. The molecule has 2 heterocycles. The summed E-state index contributed by atoms with van der Waals surface area (Å²) in [5.74, 6) is 0.954. The number of rotatable bonds is 1. The lowest BCUT2D eigenvalue weighted by Crippen LogP contribution is -2.11. The summed E-state index contributed by atoms with van der Waals surface area (Å²) in [5, 5.41) is 6.55. The topological polar surface area (TPSA) is 55.0 Å². The Hall–Kier alpha value is -2.10. The van der Waals surface area contributed by atoms with Crippen LogP contribution in [0.4, 0.5) is 0 Å². The molecule has 1 aliphatic heterocycles. The van der Waals surface area contributed by atoms with Gasteiger partial charge in [0, 0.05) is 17.5 Å². The number of nitrogens with zero attached hydrogens (tertiary/aromatic N) is 1. The highest BCUT2D eigenvalue weighted by molar-refractivity contribution is 5.62. The van der Waals surface area contributed by atoms with Gasteiger partial charge < -0.3 is 4.74 Å². The summed E-state index contributed by atoms with van der Waals surface area (Å²) in [4.78, 5) is 11.3. The molecule has 4 nitrogen and oxygen atoms in total. The van der Waals surface area contributed by atoms with E-state index in [-0.39, 0.29) is 5.56 Å². The maximum Gasteiger partial charge on any atom is 0.267 e. The van der Waals surface area contributed by atoms with E-state index in [1.54, 1.807) is 13.0 Å². The first kappa shape index (κ1) is 10.1. The molecule has 1 aromatic carbocycles. The third kappa shape index (κ3) is 1.71. The first-order valence-electron chi connectivity index (χ1n) is 5.56. The molecule has 17 heavy (non-hydrogen) atoms. The Kier molecular flexibility index (Phi) is 2.21. The number of benzene rings is 1. The molecule has 0 radical (unpaired) electrons. The largest absolute Gasteiger partial charge is 0.493 e. The molecule has 0 bridgehead atoms. The third-order valence-electron chi connectivity index (χ3n) is 2.97. The number of aromatic nitrogens is 2. The molecule has 1 aliphatic rings. The number of nitrogens with one attached hydrogen (secondary N) is 1. The van der Waals surface area contributed by atoms with Gasteiger partial charge in [0.25, 0.3) is 5.56 Å². The Labute approximate surface area is 98.3 Å². The molecule has 0 spiro atoms. The molecule has 1 N–H and O–H groups in total. The Morgan fingerprint density at radius 2 is 2.24 bits per heavy atom. The standard InChI is InChI=1S/C13H12N2O2/c1-8-6-11(14-15-13(8)16)9-2-3-12-10(7-9)4-5-17-12/h2-3,6-7H,4-5H2,1H3,(H,15,16). The molecule has 0 saturated heterocycles. The second-order valence-corrected chi connectivity index (χ2v) is 4.19. The lowest BCUT2D eigenvalue weighted by Gasteiger charge is -2.03. The summed E-state index contributed by atoms with van der Waals surface area (Å²) in [6.07, 6.45) is 0.936. The van der Waals surface area contributed by atoms with Crippen molar-refractivity contribution in [1.29, 1.82) is 0 Å². The van der Waals surface area contributed by atoms with E-state index in [0.29, 0.717) is 5.56 Å². The molecule has 0 atom stereocenters. The van der Waals surface area contributed by atoms with Gasteiger partial charge in [-0.15, -0.1) is 0 Å². The van der Waals surface area contributed by atoms with E-state index in [9.17, 15) is 4.79 Å². The van der Waals surface area contributed by atoms with Gasteiger partial charge in [-0.3, -0.25) is 4.79 Å². The molecule has 0 fully saturated rings. The minimum absolute atomic E-state index is 0.141. The smallest absolute Gasteiger partial charge is 0.267 e. The number of hydrogen-bond acceptors (Lipinski definition) is 3. The number of fused-ring (bicyclic) bond motifs is 1. The third-order valence-corrected chi connectivity index (χ3v) is 2.97. The summed E-state index contributed by atoms with van der Waals surface area (Å²) in [7, 11) is 0. The van der Waals surface area contributed by atoms with Crippen molar-refractivity contribution in [1.82, 2.24) is 10.2 Å². The second-order valence-electron chi connectivity index (χ2n) is 4.19. The van der Waals surface area contributed by atoms with Crippen LogP contribution in [0.15, 0.2) is 29.1 Å². The average Bonchev–Trinajstić information content (AvgIpc) is 2.79. The molecule has 0 unspecified atom stereocenters. The van der Waals surface area contributed by atoms with E-state index in [1.807, 2.05) is 12.1 Å².